The Morgan fingerprint density at radius 3 is 2.41 bits per heavy atom. The smallest absolute Gasteiger partial charge is 0.176 e. The molecule has 4 aromatic rings. The van der Waals surface area contributed by atoms with E-state index in [1.165, 1.54) is 16.7 Å². The number of hydrogen-bond acceptors (Lipinski definition) is 3. The molecular weight excluding hydrogens is 380 g/mol. The average molecular weight is 403 g/mol. The number of thiocarbonyl (C=S) groups is 1. The van der Waals surface area contributed by atoms with Gasteiger partial charge >= 0.3 is 0 Å². The third-order valence-corrected chi connectivity index (χ3v) is 4.63. The van der Waals surface area contributed by atoms with Crippen molar-refractivity contribution in [3.63, 3.8) is 0 Å². The number of nitrogens with one attached hydrogen (secondary N) is 2. The first-order chi connectivity index (χ1) is 14.1. The lowest BCUT2D eigenvalue weighted by Gasteiger charge is -2.06. The minimum atomic E-state index is 0.477. The highest BCUT2D eigenvalue weighted by atomic mass is 32.1. The molecule has 0 saturated carbocycles. The standard InChI is InChI=1S/C22H22N6S/c1-17-7-9-19(10-8-17)15-28-16-20(13-23-28)24-22(29)25-21-11-12-27(26-21)14-18-5-3-2-4-6-18/h2-13,16H,14-15H2,1H3,(H2,24,25,26,29). The first-order valence-corrected chi connectivity index (χ1v) is 9.78. The maximum atomic E-state index is 5.40. The Hall–Kier alpha value is -3.45. The van der Waals surface area contributed by atoms with Crippen molar-refractivity contribution < 1.29 is 0 Å². The molecule has 146 valence electrons. The van der Waals surface area contributed by atoms with Gasteiger partial charge in [0, 0.05) is 18.5 Å². The van der Waals surface area contributed by atoms with Crippen LogP contribution in [0.1, 0.15) is 16.7 Å². The Balaban J connectivity index is 1.31. The van der Waals surface area contributed by atoms with Crippen LogP contribution in [0, 0.1) is 6.92 Å². The zero-order valence-electron chi connectivity index (χ0n) is 16.1. The monoisotopic (exact) mass is 402 g/mol. The van der Waals surface area contributed by atoms with Crippen LogP contribution in [-0.2, 0) is 13.1 Å². The van der Waals surface area contributed by atoms with Gasteiger partial charge in [0.25, 0.3) is 0 Å². The fourth-order valence-corrected chi connectivity index (χ4v) is 3.18. The quantitative estimate of drug-likeness (QED) is 0.471. The van der Waals surface area contributed by atoms with E-state index < -0.39 is 0 Å². The van der Waals surface area contributed by atoms with Gasteiger partial charge in [-0.05, 0) is 30.3 Å². The number of rotatable bonds is 6. The molecule has 0 bridgehead atoms. The number of benzene rings is 2. The number of nitrogens with zero attached hydrogens (tertiary/aromatic N) is 4. The highest BCUT2D eigenvalue weighted by molar-refractivity contribution is 7.80. The minimum absolute atomic E-state index is 0.477. The third kappa shape index (κ3) is 5.30. The number of anilines is 2. The van der Waals surface area contributed by atoms with Crippen molar-refractivity contribution in [1.29, 1.82) is 0 Å². The van der Waals surface area contributed by atoms with Crippen LogP contribution in [-0.4, -0.2) is 24.7 Å². The van der Waals surface area contributed by atoms with Gasteiger partial charge in [-0.1, -0.05) is 60.2 Å². The van der Waals surface area contributed by atoms with Crippen LogP contribution in [0.25, 0.3) is 0 Å². The zero-order chi connectivity index (χ0) is 20.1. The molecule has 2 heterocycles. The molecule has 7 heteroatoms. The van der Waals surface area contributed by atoms with Gasteiger partial charge in [0.1, 0.15) is 0 Å². The molecule has 0 spiro atoms. The molecule has 6 nitrogen and oxygen atoms in total. The highest BCUT2D eigenvalue weighted by Gasteiger charge is 2.05. The average Bonchev–Trinajstić information content (AvgIpc) is 3.34. The molecule has 0 aliphatic rings. The topological polar surface area (TPSA) is 59.7 Å². The molecular formula is C22H22N6S. The van der Waals surface area contributed by atoms with Gasteiger partial charge in [0.05, 0.1) is 25.0 Å². The second-order valence-corrected chi connectivity index (χ2v) is 7.28. The van der Waals surface area contributed by atoms with E-state index >= 15 is 0 Å². The maximum absolute atomic E-state index is 5.40. The lowest BCUT2D eigenvalue weighted by Crippen LogP contribution is -2.19. The first kappa shape index (κ1) is 18.9. The number of aromatic nitrogens is 4. The molecule has 0 aliphatic carbocycles. The van der Waals surface area contributed by atoms with Gasteiger partial charge in [-0.2, -0.15) is 10.2 Å². The van der Waals surface area contributed by atoms with E-state index in [9.17, 15) is 0 Å². The second kappa shape index (κ2) is 8.70. The maximum Gasteiger partial charge on any atom is 0.176 e. The van der Waals surface area contributed by atoms with E-state index in [2.05, 4.69) is 64.2 Å². The fourth-order valence-electron chi connectivity index (χ4n) is 2.96. The molecule has 0 unspecified atom stereocenters. The highest BCUT2D eigenvalue weighted by Crippen LogP contribution is 2.11. The van der Waals surface area contributed by atoms with E-state index in [0.717, 1.165) is 5.69 Å². The van der Waals surface area contributed by atoms with Crippen LogP contribution in [0.2, 0.25) is 0 Å². The first-order valence-electron chi connectivity index (χ1n) is 9.37. The largest absolute Gasteiger partial charge is 0.330 e. The second-order valence-electron chi connectivity index (χ2n) is 6.88. The predicted octanol–water partition coefficient (Wildman–Crippen LogP) is 4.29. The SMILES string of the molecule is Cc1ccc(Cn2cc(NC(=S)Nc3ccn(Cc4ccccc4)n3)cn2)cc1. The lowest BCUT2D eigenvalue weighted by atomic mass is 10.1. The summed E-state index contributed by atoms with van der Waals surface area (Å²) in [5.74, 6) is 0.700. The molecule has 0 amide bonds. The molecule has 2 N–H and O–H groups in total. The summed E-state index contributed by atoms with van der Waals surface area (Å²) < 4.78 is 3.75. The van der Waals surface area contributed by atoms with E-state index in [1.54, 1.807) is 6.20 Å². The minimum Gasteiger partial charge on any atom is -0.330 e. The summed E-state index contributed by atoms with van der Waals surface area (Å²) >= 11 is 5.40. The van der Waals surface area contributed by atoms with Crippen LogP contribution < -0.4 is 10.6 Å². The predicted molar refractivity (Wildman–Crippen MR) is 120 cm³/mol. The van der Waals surface area contributed by atoms with Crippen LogP contribution in [0.5, 0.6) is 0 Å². The zero-order valence-corrected chi connectivity index (χ0v) is 16.9. The van der Waals surface area contributed by atoms with Crippen LogP contribution in [0.3, 0.4) is 0 Å². The fraction of sp³-hybridized carbons (Fsp3) is 0.136. The Morgan fingerprint density at radius 1 is 0.897 bits per heavy atom. The molecule has 2 aromatic heterocycles. The van der Waals surface area contributed by atoms with Gasteiger partial charge < -0.3 is 10.6 Å². The van der Waals surface area contributed by atoms with Crippen molar-refractivity contribution >= 4 is 28.8 Å². The van der Waals surface area contributed by atoms with E-state index in [4.69, 9.17) is 12.2 Å². The molecule has 0 saturated heterocycles. The molecule has 2 aromatic carbocycles. The summed E-state index contributed by atoms with van der Waals surface area (Å²) in [4.78, 5) is 0. The summed E-state index contributed by atoms with van der Waals surface area (Å²) in [5, 5.41) is 15.6. The Labute approximate surface area is 175 Å². The summed E-state index contributed by atoms with van der Waals surface area (Å²) in [6.07, 6.45) is 5.62. The van der Waals surface area contributed by atoms with E-state index in [0.29, 0.717) is 24.0 Å². The molecule has 29 heavy (non-hydrogen) atoms. The van der Waals surface area contributed by atoms with Gasteiger partial charge in [0.2, 0.25) is 0 Å². The van der Waals surface area contributed by atoms with Crippen molar-refractivity contribution in [3.8, 4) is 0 Å². The summed E-state index contributed by atoms with van der Waals surface area (Å²) in [7, 11) is 0. The van der Waals surface area contributed by atoms with Crippen molar-refractivity contribution in [2.45, 2.75) is 20.0 Å². The summed E-state index contributed by atoms with van der Waals surface area (Å²) in [6, 6.07) is 20.5. The Bertz CT molecular complexity index is 1080. The van der Waals surface area contributed by atoms with Gasteiger partial charge in [-0.3, -0.25) is 9.36 Å². The normalized spacial score (nSPS) is 10.7. The van der Waals surface area contributed by atoms with Gasteiger partial charge in [-0.15, -0.1) is 0 Å². The number of aryl methyl sites for hydroxylation is 1. The van der Waals surface area contributed by atoms with E-state index in [1.807, 2.05) is 46.0 Å². The summed E-state index contributed by atoms with van der Waals surface area (Å²) in [5.41, 5.74) is 4.48. The molecule has 4 rings (SSSR count). The Morgan fingerprint density at radius 2 is 1.62 bits per heavy atom. The molecule has 0 radical (unpaired) electrons. The molecule has 0 fully saturated rings. The van der Waals surface area contributed by atoms with E-state index in [-0.39, 0.29) is 0 Å². The van der Waals surface area contributed by atoms with Crippen molar-refractivity contribution in [1.82, 2.24) is 19.6 Å². The molecule has 0 aliphatic heterocycles. The van der Waals surface area contributed by atoms with Crippen molar-refractivity contribution in [2.75, 3.05) is 10.6 Å². The third-order valence-electron chi connectivity index (χ3n) is 4.43. The Kier molecular flexibility index (Phi) is 5.67. The van der Waals surface area contributed by atoms with Crippen LogP contribution in [0.15, 0.2) is 79.3 Å². The van der Waals surface area contributed by atoms with Crippen LogP contribution >= 0.6 is 12.2 Å². The van der Waals surface area contributed by atoms with Crippen molar-refractivity contribution in [2.24, 2.45) is 0 Å². The van der Waals surface area contributed by atoms with Crippen molar-refractivity contribution in [3.05, 3.63) is 95.9 Å². The van der Waals surface area contributed by atoms with Crippen LogP contribution in [0.4, 0.5) is 11.5 Å². The van der Waals surface area contributed by atoms with Gasteiger partial charge in [-0.25, -0.2) is 0 Å². The lowest BCUT2D eigenvalue weighted by molar-refractivity contribution is 0.687. The number of hydrogen-bond donors (Lipinski definition) is 2. The summed E-state index contributed by atoms with van der Waals surface area (Å²) in [6.45, 7) is 3.51. The molecule has 0 atom stereocenters. The van der Waals surface area contributed by atoms with Gasteiger partial charge in [0.15, 0.2) is 10.9 Å².